The van der Waals surface area contributed by atoms with Crippen molar-refractivity contribution in [3.8, 4) is 0 Å². The molecule has 1 aromatic rings. The van der Waals surface area contributed by atoms with Crippen LogP contribution in [0.1, 0.15) is 13.3 Å². The van der Waals surface area contributed by atoms with E-state index in [1.807, 2.05) is 6.92 Å². The molecule has 0 bridgehead atoms. The highest BCUT2D eigenvalue weighted by molar-refractivity contribution is 6.35. The van der Waals surface area contributed by atoms with Gasteiger partial charge in [-0.25, -0.2) is 9.69 Å². The van der Waals surface area contributed by atoms with E-state index in [4.69, 9.17) is 0 Å². The van der Waals surface area contributed by atoms with E-state index in [0.29, 0.717) is 24.4 Å². The molecule has 2 aliphatic heterocycles. The van der Waals surface area contributed by atoms with E-state index < -0.39 is 23.8 Å². The third-order valence-corrected chi connectivity index (χ3v) is 5.06. The van der Waals surface area contributed by atoms with Crippen molar-refractivity contribution in [1.29, 1.82) is 0 Å². The lowest BCUT2D eigenvalue weighted by atomic mass is 9.96. The number of nitrogens with two attached hydrogens (primary N) is 1. The van der Waals surface area contributed by atoms with Gasteiger partial charge in [0.15, 0.2) is 5.92 Å². The summed E-state index contributed by atoms with van der Waals surface area (Å²) in [7, 11) is 0. The first-order chi connectivity index (χ1) is 13.1. The predicted molar refractivity (Wildman–Crippen MR) is 101 cm³/mol. The molecule has 2 heterocycles. The fourth-order valence-corrected chi connectivity index (χ4v) is 3.59. The van der Waals surface area contributed by atoms with Crippen molar-refractivity contribution < 1.29 is 24.6 Å². The Morgan fingerprint density at radius 2 is 1.93 bits per heavy atom. The first-order valence-corrected chi connectivity index (χ1v) is 9.54. The number of aliphatic imine (C=N–C) groups is 1. The number of para-hydroxylation sites is 1. The Labute approximate surface area is 158 Å². The van der Waals surface area contributed by atoms with E-state index in [1.54, 1.807) is 30.3 Å². The van der Waals surface area contributed by atoms with Gasteiger partial charge in [-0.1, -0.05) is 25.1 Å². The molecule has 8 heteroatoms. The van der Waals surface area contributed by atoms with Crippen LogP contribution in [0.25, 0.3) is 0 Å². The second kappa shape index (κ2) is 8.88. The van der Waals surface area contributed by atoms with Crippen LogP contribution in [0.4, 0.5) is 10.5 Å². The first-order valence-electron chi connectivity index (χ1n) is 9.54. The summed E-state index contributed by atoms with van der Waals surface area (Å²) in [4.78, 5) is 44.7. The van der Waals surface area contributed by atoms with Crippen molar-refractivity contribution in [2.45, 2.75) is 13.3 Å². The van der Waals surface area contributed by atoms with Gasteiger partial charge in [0.2, 0.25) is 5.91 Å². The zero-order valence-electron chi connectivity index (χ0n) is 15.6. The second-order valence-corrected chi connectivity index (χ2v) is 6.83. The molecule has 1 aromatic carbocycles. The number of barbiturate groups is 1. The van der Waals surface area contributed by atoms with Crippen LogP contribution in [0.5, 0.6) is 0 Å². The highest BCUT2D eigenvalue weighted by Crippen LogP contribution is 2.21. The SMILES string of the molecule is CCC(=NCC[NH+]1CC[NH2+]CC1)C1C(=O)NC(=O)N(c2ccccc2)C1=O. The number of anilines is 1. The molecule has 0 aliphatic carbocycles. The van der Waals surface area contributed by atoms with E-state index in [0.717, 1.165) is 37.6 Å². The van der Waals surface area contributed by atoms with Gasteiger partial charge in [-0.05, 0) is 18.6 Å². The summed E-state index contributed by atoms with van der Waals surface area (Å²) in [5, 5.41) is 4.61. The van der Waals surface area contributed by atoms with Crippen LogP contribution in [0.2, 0.25) is 0 Å². The van der Waals surface area contributed by atoms with Crippen LogP contribution in [0.3, 0.4) is 0 Å². The van der Waals surface area contributed by atoms with E-state index >= 15 is 0 Å². The molecule has 144 valence electrons. The molecule has 1 atom stereocenters. The third kappa shape index (κ3) is 4.40. The van der Waals surface area contributed by atoms with Gasteiger partial charge in [0, 0.05) is 5.71 Å². The fourth-order valence-electron chi connectivity index (χ4n) is 3.59. The van der Waals surface area contributed by atoms with Crippen LogP contribution in [0, 0.1) is 5.92 Å². The maximum atomic E-state index is 13.0. The van der Waals surface area contributed by atoms with Crippen LogP contribution in [0.15, 0.2) is 35.3 Å². The van der Waals surface area contributed by atoms with E-state index in [1.165, 1.54) is 4.90 Å². The number of nitrogens with zero attached hydrogens (tertiary/aromatic N) is 2. The molecule has 3 rings (SSSR count). The molecule has 0 radical (unpaired) electrons. The maximum absolute atomic E-state index is 13.0. The molecular weight excluding hydrogens is 346 g/mol. The minimum Gasteiger partial charge on any atom is -0.337 e. The lowest BCUT2D eigenvalue weighted by Gasteiger charge is -2.30. The standard InChI is InChI=1S/C19H25N5O3/c1-2-15(21-10-13-23-11-8-20-9-12-23)16-17(25)22-19(27)24(18(16)26)14-6-4-3-5-7-14/h3-7,16,20H,2,8-13H2,1H3,(H,22,25,27)/p+2. The average molecular weight is 373 g/mol. The molecule has 2 saturated heterocycles. The van der Waals surface area contributed by atoms with Gasteiger partial charge >= 0.3 is 6.03 Å². The summed E-state index contributed by atoms with van der Waals surface area (Å²) in [5.74, 6) is -2.16. The Bertz CT molecular complexity index is 728. The van der Waals surface area contributed by atoms with E-state index in [2.05, 4.69) is 15.6 Å². The Balaban J connectivity index is 1.75. The van der Waals surface area contributed by atoms with Gasteiger partial charge in [0.25, 0.3) is 5.91 Å². The molecule has 2 fully saturated rings. The zero-order chi connectivity index (χ0) is 19.2. The molecule has 2 aliphatic rings. The zero-order valence-corrected chi connectivity index (χ0v) is 15.6. The minimum absolute atomic E-state index is 0.446. The van der Waals surface area contributed by atoms with Gasteiger partial charge in [0.1, 0.15) is 26.2 Å². The molecule has 4 N–H and O–H groups in total. The van der Waals surface area contributed by atoms with E-state index in [9.17, 15) is 14.4 Å². The second-order valence-electron chi connectivity index (χ2n) is 6.83. The van der Waals surface area contributed by atoms with Gasteiger partial charge in [-0.2, -0.15) is 0 Å². The summed E-state index contributed by atoms with van der Waals surface area (Å²) in [6.07, 6.45) is 0.490. The van der Waals surface area contributed by atoms with Gasteiger partial charge in [-0.3, -0.25) is 19.9 Å². The van der Waals surface area contributed by atoms with Gasteiger partial charge < -0.3 is 10.2 Å². The number of hydrogen-bond donors (Lipinski definition) is 3. The molecule has 27 heavy (non-hydrogen) atoms. The Morgan fingerprint density at radius 3 is 2.59 bits per heavy atom. The number of carbonyl (C=O) groups is 3. The normalized spacial score (nSPS) is 22.1. The van der Waals surface area contributed by atoms with Crippen LogP contribution in [-0.2, 0) is 9.59 Å². The Hall–Kier alpha value is -2.58. The summed E-state index contributed by atoms with van der Waals surface area (Å²) in [6, 6.07) is 7.92. The Kier molecular flexibility index (Phi) is 6.31. The molecule has 0 aromatic heterocycles. The fraction of sp³-hybridized carbons (Fsp3) is 0.474. The number of piperazine rings is 1. The number of hydrogen-bond acceptors (Lipinski definition) is 4. The third-order valence-electron chi connectivity index (χ3n) is 5.06. The molecule has 4 amide bonds. The molecule has 1 unspecified atom stereocenters. The Morgan fingerprint density at radius 1 is 1.22 bits per heavy atom. The largest absolute Gasteiger partial charge is 0.337 e. The van der Waals surface area contributed by atoms with Crippen LogP contribution >= 0.6 is 0 Å². The van der Waals surface area contributed by atoms with Gasteiger partial charge in [0.05, 0.1) is 18.8 Å². The summed E-state index contributed by atoms with van der Waals surface area (Å²) < 4.78 is 0. The number of nitrogens with one attached hydrogen (secondary N) is 2. The number of rotatable bonds is 6. The number of benzene rings is 1. The van der Waals surface area contributed by atoms with E-state index in [-0.39, 0.29) is 0 Å². The van der Waals surface area contributed by atoms with Crippen molar-refractivity contribution >= 4 is 29.2 Å². The summed E-state index contributed by atoms with van der Waals surface area (Å²) in [6.45, 7) is 7.81. The summed E-state index contributed by atoms with van der Waals surface area (Å²) >= 11 is 0. The molecular formula is C19H27N5O3+2. The van der Waals surface area contributed by atoms with Crippen molar-refractivity contribution in [3.05, 3.63) is 30.3 Å². The van der Waals surface area contributed by atoms with Crippen LogP contribution < -0.4 is 20.4 Å². The van der Waals surface area contributed by atoms with Crippen molar-refractivity contribution in [2.75, 3.05) is 44.2 Å². The number of quaternary nitrogens is 2. The molecule has 0 saturated carbocycles. The lowest BCUT2D eigenvalue weighted by Crippen LogP contribution is -3.20. The maximum Gasteiger partial charge on any atom is 0.335 e. The predicted octanol–water partition coefficient (Wildman–Crippen LogP) is -1.80. The van der Waals surface area contributed by atoms with Crippen molar-refractivity contribution in [2.24, 2.45) is 10.9 Å². The van der Waals surface area contributed by atoms with Crippen LogP contribution in [-0.4, -0.2) is 62.8 Å². The monoisotopic (exact) mass is 373 g/mol. The van der Waals surface area contributed by atoms with Gasteiger partial charge in [-0.15, -0.1) is 0 Å². The first kappa shape index (κ1) is 19.2. The lowest BCUT2D eigenvalue weighted by molar-refractivity contribution is -0.945. The highest BCUT2D eigenvalue weighted by Gasteiger charge is 2.43. The quantitative estimate of drug-likeness (QED) is 0.405. The summed E-state index contributed by atoms with van der Waals surface area (Å²) in [5.41, 5.74) is 0.982. The average Bonchev–Trinajstić information content (AvgIpc) is 2.68. The highest BCUT2D eigenvalue weighted by atomic mass is 16.2. The minimum atomic E-state index is -1.04. The number of urea groups is 1. The smallest absolute Gasteiger partial charge is 0.335 e. The molecule has 0 spiro atoms. The number of carbonyl (C=O) groups excluding carboxylic acids is 3. The number of imide groups is 2. The number of amides is 4. The van der Waals surface area contributed by atoms with Crippen molar-refractivity contribution in [1.82, 2.24) is 5.32 Å². The van der Waals surface area contributed by atoms with Crippen molar-refractivity contribution in [3.63, 3.8) is 0 Å². The molecule has 8 nitrogen and oxygen atoms in total. The topological polar surface area (TPSA) is 99.9 Å².